The first-order chi connectivity index (χ1) is 10.1. The number of hydrogen-bond donors (Lipinski definition) is 1. The van der Waals surface area contributed by atoms with Gasteiger partial charge in [0.05, 0.1) is 12.3 Å². The van der Waals surface area contributed by atoms with Gasteiger partial charge in [0.2, 0.25) is 0 Å². The number of ether oxygens (including phenoxy) is 1. The van der Waals surface area contributed by atoms with Crippen molar-refractivity contribution in [3.63, 3.8) is 0 Å². The first kappa shape index (κ1) is 16.2. The van der Waals surface area contributed by atoms with Crippen molar-refractivity contribution in [1.82, 2.24) is 10.5 Å². The maximum absolute atomic E-state index is 5.64. The SMILES string of the molecule is CC(C)CNCc1cc(COCc2cccc(Br)c2)on1. The lowest BCUT2D eigenvalue weighted by Crippen LogP contribution is -2.19. The van der Waals surface area contributed by atoms with E-state index >= 15 is 0 Å². The molecule has 0 aliphatic carbocycles. The van der Waals surface area contributed by atoms with E-state index in [0.29, 0.717) is 19.1 Å². The summed E-state index contributed by atoms with van der Waals surface area (Å²) in [4.78, 5) is 0. The minimum Gasteiger partial charge on any atom is -0.369 e. The third kappa shape index (κ3) is 5.99. The molecule has 0 atom stereocenters. The van der Waals surface area contributed by atoms with Gasteiger partial charge in [-0.15, -0.1) is 0 Å². The summed E-state index contributed by atoms with van der Waals surface area (Å²) >= 11 is 3.45. The number of aromatic nitrogens is 1. The molecule has 0 amide bonds. The normalized spacial score (nSPS) is 11.2. The fourth-order valence-corrected chi connectivity index (χ4v) is 2.34. The number of hydrogen-bond acceptors (Lipinski definition) is 4. The molecule has 5 heteroatoms. The third-order valence-electron chi connectivity index (χ3n) is 2.87. The first-order valence-corrected chi connectivity index (χ1v) is 7.90. The minimum absolute atomic E-state index is 0.434. The Morgan fingerprint density at radius 1 is 1.29 bits per heavy atom. The van der Waals surface area contributed by atoms with Crippen molar-refractivity contribution in [2.24, 2.45) is 5.92 Å². The summed E-state index contributed by atoms with van der Waals surface area (Å²) in [5.74, 6) is 1.39. The van der Waals surface area contributed by atoms with Gasteiger partial charge in [-0.1, -0.05) is 47.1 Å². The summed E-state index contributed by atoms with van der Waals surface area (Å²) in [6.45, 7) is 7.05. The highest BCUT2D eigenvalue weighted by molar-refractivity contribution is 9.10. The van der Waals surface area contributed by atoms with Crippen molar-refractivity contribution < 1.29 is 9.26 Å². The Bertz CT molecular complexity index is 555. The van der Waals surface area contributed by atoms with Crippen molar-refractivity contribution in [2.75, 3.05) is 6.54 Å². The molecular formula is C16H21BrN2O2. The van der Waals surface area contributed by atoms with Gasteiger partial charge in [0.25, 0.3) is 0 Å². The maximum Gasteiger partial charge on any atom is 0.162 e. The number of nitrogens with zero attached hydrogens (tertiary/aromatic N) is 1. The molecule has 2 aromatic rings. The lowest BCUT2D eigenvalue weighted by Gasteiger charge is -2.04. The Labute approximate surface area is 134 Å². The summed E-state index contributed by atoms with van der Waals surface area (Å²) in [5, 5.41) is 7.36. The average molecular weight is 353 g/mol. The molecule has 1 heterocycles. The van der Waals surface area contributed by atoms with Crippen molar-refractivity contribution in [3.8, 4) is 0 Å². The molecule has 114 valence electrons. The zero-order valence-electron chi connectivity index (χ0n) is 12.4. The van der Waals surface area contributed by atoms with Crippen LogP contribution in [-0.4, -0.2) is 11.7 Å². The van der Waals surface area contributed by atoms with Crippen molar-refractivity contribution in [2.45, 2.75) is 33.6 Å². The number of halogens is 1. The van der Waals surface area contributed by atoms with E-state index in [9.17, 15) is 0 Å². The predicted octanol–water partition coefficient (Wildman–Crippen LogP) is 3.90. The summed E-state index contributed by atoms with van der Waals surface area (Å²) in [5.41, 5.74) is 2.04. The second kappa shape index (κ2) is 8.32. The Morgan fingerprint density at radius 2 is 2.14 bits per heavy atom. The smallest absolute Gasteiger partial charge is 0.162 e. The van der Waals surface area contributed by atoms with E-state index in [2.05, 4.69) is 40.3 Å². The molecular weight excluding hydrogens is 332 g/mol. The summed E-state index contributed by atoms with van der Waals surface area (Å²) in [6, 6.07) is 10.0. The Kier molecular flexibility index (Phi) is 6.42. The molecule has 2 rings (SSSR count). The second-order valence-electron chi connectivity index (χ2n) is 5.43. The minimum atomic E-state index is 0.434. The Morgan fingerprint density at radius 3 is 2.90 bits per heavy atom. The van der Waals surface area contributed by atoms with Crippen molar-refractivity contribution in [1.29, 1.82) is 0 Å². The number of benzene rings is 1. The van der Waals surface area contributed by atoms with Crippen LogP contribution in [0.5, 0.6) is 0 Å². The quantitative estimate of drug-likeness (QED) is 0.782. The molecule has 21 heavy (non-hydrogen) atoms. The molecule has 0 radical (unpaired) electrons. The van der Waals surface area contributed by atoms with Crippen LogP contribution in [0.25, 0.3) is 0 Å². The van der Waals surface area contributed by atoms with E-state index in [1.807, 2.05) is 30.3 Å². The molecule has 1 aromatic heterocycles. The lowest BCUT2D eigenvalue weighted by molar-refractivity contribution is 0.0883. The number of nitrogens with one attached hydrogen (secondary N) is 1. The van der Waals surface area contributed by atoms with Crippen molar-refractivity contribution in [3.05, 3.63) is 51.8 Å². The molecule has 0 spiro atoms. The Balaban J connectivity index is 1.72. The second-order valence-corrected chi connectivity index (χ2v) is 6.35. The van der Waals surface area contributed by atoms with Crippen LogP contribution < -0.4 is 5.32 Å². The van der Waals surface area contributed by atoms with Gasteiger partial charge in [-0.2, -0.15) is 0 Å². The molecule has 1 aromatic carbocycles. The summed E-state index contributed by atoms with van der Waals surface area (Å²) in [7, 11) is 0. The van der Waals surface area contributed by atoms with Gasteiger partial charge in [0, 0.05) is 17.1 Å². The molecule has 0 unspecified atom stereocenters. The van der Waals surface area contributed by atoms with Gasteiger partial charge in [-0.25, -0.2) is 0 Å². The fraction of sp³-hybridized carbons (Fsp3) is 0.438. The van der Waals surface area contributed by atoms with E-state index in [1.165, 1.54) is 0 Å². The topological polar surface area (TPSA) is 47.3 Å². The molecule has 4 nitrogen and oxygen atoms in total. The van der Waals surface area contributed by atoms with Crippen LogP contribution in [0.3, 0.4) is 0 Å². The highest BCUT2D eigenvalue weighted by Gasteiger charge is 2.05. The van der Waals surface area contributed by atoms with Crippen LogP contribution in [0, 0.1) is 5.92 Å². The van der Waals surface area contributed by atoms with E-state index in [0.717, 1.165) is 34.6 Å². The maximum atomic E-state index is 5.64. The van der Waals surface area contributed by atoms with Crippen LogP contribution in [-0.2, 0) is 24.5 Å². The Hall–Kier alpha value is -1.17. The lowest BCUT2D eigenvalue weighted by atomic mass is 10.2. The van der Waals surface area contributed by atoms with Gasteiger partial charge in [-0.3, -0.25) is 0 Å². The molecule has 0 fully saturated rings. The third-order valence-corrected chi connectivity index (χ3v) is 3.36. The largest absolute Gasteiger partial charge is 0.369 e. The molecule has 0 aliphatic rings. The molecule has 0 aliphatic heterocycles. The van der Waals surface area contributed by atoms with Gasteiger partial charge in [0.1, 0.15) is 6.61 Å². The molecule has 0 saturated heterocycles. The van der Waals surface area contributed by atoms with Crippen LogP contribution in [0.4, 0.5) is 0 Å². The van der Waals surface area contributed by atoms with Crippen molar-refractivity contribution >= 4 is 15.9 Å². The summed E-state index contributed by atoms with van der Waals surface area (Å²) < 4.78 is 12.0. The average Bonchev–Trinajstić information content (AvgIpc) is 2.86. The van der Waals surface area contributed by atoms with Gasteiger partial charge in [0.15, 0.2) is 5.76 Å². The standard InChI is InChI=1S/C16H21BrN2O2/c1-12(2)8-18-9-15-7-16(21-19-15)11-20-10-13-4-3-5-14(17)6-13/h3-7,12,18H,8-11H2,1-2H3. The summed E-state index contributed by atoms with van der Waals surface area (Å²) in [6.07, 6.45) is 0. The van der Waals surface area contributed by atoms with E-state index in [-0.39, 0.29) is 0 Å². The van der Waals surface area contributed by atoms with E-state index in [4.69, 9.17) is 9.26 Å². The van der Waals surface area contributed by atoms with Gasteiger partial charge < -0.3 is 14.6 Å². The predicted molar refractivity (Wildman–Crippen MR) is 85.7 cm³/mol. The monoisotopic (exact) mass is 352 g/mol. The van der Waals surface area contributed by atoms with E-state index < -0.39 is 0 Å². The zero-order valence-corrected chi connectivity index (χ0v) is 14.0. The number of rotatable bonds is 8. The van der Waals surface area contributed by atoms with Crippen LogP contribution in [0.1, 0.15) is 30.9 Å². The highest BCUT2D eigenvalue weighted by Crippen LogP contribution is 2.13. The fourth-order valence-electron chi connectivity index (χ4n) is 1.89. The molecule has 0 bridgehead atoms. The van der Waals surface area contributed by atoms with Crippen LogP contribution >= 0.6 is 15.9 Å². The molecule has 0 saturated carbocycles. The highest BCUT2D eigenvalue weighted by atomic mass is 79.9. The molecule has 1 N–H and O–H groups in total. The van der Waals surface area contributed by atoms with E-state index in [1.54, 1.807) is 0 Å². The van der Waals surface area contributed by atoms with Crippen LogP contribution in [0.2, 0.25) is 0 Å². The van der Waals surface area contributed by atoms with Gasteiger partial charge >= 0.3 is 0 Å². The van der Waals surface area contributed by atoms with Crippen LogP contribution in [0.15, 0.2) is 39.3 Å². The van der Waals surface area contributed by atoms with Gasteiger partial charge in [-0.05, 0) is 30.2 Å². The zero-order chi connectivity index (χ0) is 15.1. The first-order valence-electron chi connectivity index (χ1n) is 7.11.